The topological polar surface area (TPSA) is 161 Å². The van der Waals surface area contributed by atoms with Crippen molar-refractivity contribution >= 4 is 102 Å². The summed E-state index contributed by atoms with van der Waals surface area (Å²) >= 11 is 0. The average molecular weight is 1250 g/mol. The minimum absolute atomic E-state index is 0.271. The Morgan fingerprint density at radius 1 is 0.299 bits per heavy atom. The molecule has 0 unspecified atom stereocenters. The lowest BCUT2D eigenvalue weighted by Gasteiger charge is -2.42. The fourth-order valence-electron chi connectivity index (χ4n) is 10.8. The van der Waals surface area contributed by atoms with E-state index in [9.17, 15) is 14.4 Å². The van der Waals surface area contributed by atoms with Gasteiger partial charge in [-0.05, 0) is 193 Å². The second-order valence-electron chi connectivity index (χ2n) is 26.7. The van der Waals surface area contributed by atoms with Gasteiger partial charge in [0, 0.05) is 36.3 Å². The molecule has 1 aromatic rings. The third kappa shape index (κ3) is 34.6. The Labute approximate surface area is 482 Å². The number of hydrogen-bond donors (Lipinski definition) is 3. The first kappa shape index (κ1) is 74.5. The maximum absolute atomic E-state index is 13.9. The van der Waals surface area contributed by atoms with E-state index in [1.165, 1.54) is 44.9 Å². The van der Waals surface area contributed by atoms with Crippen LogP contribution in [0.15, 0.2) is 18.2 Å². The fraction of sp³-hybridized carbons (Fsp3) is 0.830. The molecule has 14 nitrogen and oxygen atoms in total. The van der Waals surface area contributed by atoms with Crippen molar-refractivity contribution in [3.63, 3.8) is 0 Å². The predicted molar refractivity (Wildman–Crippen MR) is 348 cm³/mol. The van der Waals surface area contributed by atoms with Crippen molar-refractivity contribution in [1.29, 1.82) is 0 Å². The zero-order valence-corrected chi connectivity index (χ0v) is 63.6. The maximum atomic E-state index is 13.9. The summed E-state index contributed by atoms with van der Waals surface area (Å²) in [7, 11) is -23.4. The van der Waals surface area contributed by atoms with Gasteiger partial charge in [-0.2, -0.15) is 0 Å². The van der Waals surface area contributed by atoms with E-state index < -0.39 is 84.6 Å². The van der Waals surface area contributed by atoms with Crippen molar-refractivity contribution in [2.24, 2.45) is 0 Å². The number of carbonyl (C=O) groups excluding carboxylic acids is 3. The molecule has 450 valence electrons. The van der Waals surface area contributed by atoms with Gasteiger partial charge in [0.1, 0.15) is 0 Å². The molecule has 0 spiro atoms. The quantitative estimate of drug-likeness (QED) is 0.0422. The Balaban J connectivity index is 3.06. The molecule has 1 rings (SSSR count). The van der Waals surface area contributed by atoms with Gasteiger partial charge in [0.15, 0.2) is 33.3 Å². The maximum Gasteiger partial charge on any atom is 0.314 e. The molecular weight excluding hydrogens is 1140 g/mol. The van der Waals surface area contributed by atoms with Crippen LogP contribution >= 0.6 is 0 Å². The SMILES string of the molecule is CCCCCCCCCCNC(=O)c1cc(C(=O)NCCC[Si](C)(C)O[Si](C)(C)O[Si](C)(C)O[Si](C)(C)O[Si](C)(C)CCCC)cc(C(=O)NCCC[Si](C)(C)O[Si](C)(C)O[Si](C)(C)O[Si](C)(C)O[Si](C)(C)CCCC)c1. The molecule has 0 heterocycles. The van der Waals surface area contributed by atoms with Gasteiger partial charge in [-0.1, -0.05) is 91.4 Å². The van der Waals surface area contributed by atoms with E-state index >= 15 is 0 Å². The molecule has 0 saturated heterocycles. The molecule has 0 fully saturated rings. The fourth-order valence-corrected chi connectivity index (χ4v) is 60.4. The highest BCUT2D eigenvalue weighted by Gasteiger charge is 2.47. The molecule has 0 bridgehead atoms. The molecule has 0 saturated carbocycles. The lowest BCUT2D eigenvalue weighted by Crippen LogP contribution is -2.58. The van der Waals surface area contributed by atoms with Crippen LogP contribution in [0.5, 0.6) is 0 Å². The van der Waals surface area contributed by atoms with Crippen molar-refractivity contribution in [1.82, 2.24) is 16.0 Å². The molecule has 24 heteroatoms. The molecule has 0 aliphatic heterocycles. The Morgan fingerprint density at radius 3 is 0.766 bits per heavy atom. The summed E-state index contributed by atoms with van der Waals surface area (Å²) in [5.41, 5.74) is 0.831. The lowest BCUT2D eigenvalue weighted by atomic mass is 10.0. The van der Waals surface area contributed by atoms with E-state index in [2.05, 4.69) is 168 Å². The van der Waals surface area contributed by atoms with E-state index in [0.29, 0.717) is 32.5 Å². The third-order valence-corrected chi connectivity index (χ3v) is 51.5. The number of carbonyl (C=O) groups is 3. The number of unbranched alkanes of at least 4 members (excludes halogenated alkanes) is 9. The number of amides is 3. The second-order valence-corrected chi connectivity index (χ2v) is 66.1. The monoisotopic (exact) mass is 1250 g/mol. The van der Waals surface area contributed by atoms with Crippen molar-refractivity contribution in [3.05, 3.63) is 34.9 Å². The van der Waals surface area contributed by atoms with E-state index in [1.54, 1.807) is 18.2 Å². The van der Waals surface area contributed by atoms with Crippen LogP contribution in [0.1, 0.15) is 142 Å². The first-order valence-electron chi connectivity index (χ1n) is 29.7. The summed E-state index contributed by atoms with van der Waals surface area (Å²) in [5.74, 6) is -0.960. The number of rotatable bonds is 42. The Kier molecular flexibility index (Phi) is 32.0. The Morgan fingerprint density at radius 2 is 0.506 bits per heavy atom. The zero-order chi connectivity index (χ0) is 59.2. The van der Waals surface area contributed by atoms with Gasteiger partial charge in [-0.15, -0.1) is 0 Å². The van der Waals surface area contributed by atoms with Gasteiger partial charge < -0.3 is 48.9 Å². The van der Waals surface area contributed by atoms with E-state index in [1.807, 2.05) is 0 Å². The predicted octanol–water partition coefficient (Wildman–Crippen LogP) is 15.6. The van der Waals surface area contributed by atoms with Crippen LogP contribution in [-0.2, 0) is 32.9 Å². The molecule has 0 aromatic heterocycles. The highest BCUT2D eigenvalue weighted by Crippen LogP contribution is 2.31. The lowest BCUT2D eigenvalue weighted by molar-refractivity contribution is 0.0952. The highest BCUT2D eigenvalue weighted by molar-refractivity contribution is 6.92. The third-order valence-electron chi connectivity index (χ3n) is 12.8. The Hall–Kier alpha value is -0.521. The zero-order valence-electron chi connectivity index (χ0n) is 53.6. The highest BCUT2D eigenvalue weighted by atomic mass is 28.5. The molecule has 0 aliphatic carbocycles. The van der Waals surface area contributed by atoms with Crippen LogP contribution in [0.3, 0.4) is 0 Å². The van der Waals surface area contributed by atoms with Crippen LogP contribution in [-0.4, -0.2) is 122 Å². The average Bonchev–Trinajstić information content (AvgIpc) is 3.23. The van der Waals surface area contributed by atoms with Gasteiger partial charge in [-0.3, -0.25) is 14.4 Å². The van der Waals surface area contributed by atoms with Crippen LogP contribution in [0.4, 0.5) is 0 Å². The summed E-state index contributed by atoms with van der Waals surface area (Å²) in [6.45, 7) is 51.4. The summed E-state index contributed by atoms with van der Waals surface area (Å²) in [5, 5.41) is 9.20. The van der Waals surface area contributed by atoms with Crippen LogP contribution in [0, 0.1) is 0 Å². The first-order valence-corrected chi connectivity index (χ1v) is 59.1. The van der Waals surface area contributed by atoms with Gasteiger partial charge in [0.05, 0.1) is 0 Å². The van der Waals surface area contributed by atoms with Crippen molar-refractivity contribution in [2.75, 3.05) is 19.6 Å². The summed E-state index contributed by atoms with van der Waals surface area (Å²) in [6.07, 6.45) is 15.4. The molecule has 0 atom stereocenters. The molecule has 77 heavy (non-hydrogen) atoms. The van der Waals surface area contributed by atoms with E-state index in [0.717, 1.165) is 56.3 Å². The number of hydrogen-bond acceptors (Lipinski definition) is 11. The number of nitrogens with one attached hydrogen (secondary N) is 3. The Bertz CT molecular complexity index is 1830. The van der Waals surface area contributed by atoms with Crippen LogP contribution in [0.25, 0.3) is 0 Å². The van der Waals surface area contributed by atoms with Gasteiger partial charge in [0.25, 0.3) is 17.7 Å². The van der Waals surface area contributed by atoms with Crippen molar-refractivity contribution < 1.29 is 47.3 Å². The molecule has 1 aromatic carbocycles. The van der Waals surface area contributed by atoms with Crippen LogP contribution in [0.2, 0.25) is 155 Å². The molecule has 0 aliphatic rings. The smallest absolute Gasteiger partial charge is 0.314 e. The summed E-state index contributed by atoms with van der Waals surface area (Å²) in [4.78, 5) is 41.4. The minimum Gasteiger partial charge on any atom is -0.436 e. The summed E-state index contributed by atoms with van der Waals surface area (Å²) < 4.78 is 54.5. The number of benzene rings is 1. The largest absolute Gasteiger partial charge is 0.436 e. The first-order chi connectivity index (χ1) is 35.1. The van der Waals surface area contributed by atoms with Crippen molar-refractivity contribution in [3.8, 4) is 0 Å². The van der Waals surface area contributed by atoms with E-state index in [4.69, 9.17) is 32.9 Å². The van der Waals surface area contributed by atoms with Gasteiger partial charge in [-0.25, -0.2) is 0 Å². The second kappa shape index (κ2) is 33.1. The summed E-state index contributed by atoms with van der Waals surface area (Å²) in [6, 6.07) is 8.66. The van der Waals surface area contributed by atoms with E-state index in [-0.39, 0.29) is 34.4 Å². The molecular formula is C53H117N3O11Si10. The van der Waals surface area contributed by atoms with Gasteiger partial charge in [0.2, 0.25) is 0 Å². The normalized spacial score (nSPS) is 13.8. The molecule has 3 amide bonds. The standard InChI is InChI=1S/C53H117N3O11Si10/c1-24-27-30-31-32-33-34-35-38-54-51(57)48-45-49(52(58)55-39-36-43-70(8,9)62-74(16,17)66-76(20,21)64-72(12,13)60-68(4,5)41-28-25-2)47-50(46-48)53(59)56-40-37-44-71(10,11)63-75(18,19)67-77(22,23)65-73(14,15)61-69(6,7)42-29-26-3/h45-47H,24-44H2,1-23H3,(H,54,57)(H,55,58)(H,56,59). The van der Waals surface area contributed by atoms with Crippen molar-refractivity contribution in [2.45, 2.75) is 266 Å². The minimum atomic E-state index is -2.60. The van der Waals surface area contributed by atoms with Crippen LogP contribution < -0.4 is 16.0 Å². The van der Waals surface area contributed by atoms with Gasteiger partial charge >= 0.3 is 51.4 Å². The molecule has 0 radical (unpaired) electrons. The molecule has 3 N–H and O–H groups in total.